The Kier molecular flexibility index (Phi) is 6.44. The largest absolute Gasteiger partial charge is 0.326 e. The lowest BCUT2D eigenvalue weighted by Gasteiger charge is -2.26. The van der Waals surface area contributed by atoms with Gasteiger partial charge in [0.05, 0.1) is 0 Å². The quantitative estimate of drug-likeness (QED) is 0.835. The van der Waals surface area contributed by atoms with Gasteiger partial charge >= 0.3 is 0 Å². The van der Waals surface area contributed by atoms with Gasteiger partial charge in [-0.25, -0.2) is 12.8 Å². The summed E-state index contributed by atoms with van der Waals surface area (Å²) in [7, 11) is -2.35. The van der Waals surface area contributed by atoms with Crippen LogP contribution in [0.2, 0.25) is 0 Å². The molecule has 1 aromatic rings. The van der Waals surface area contributed by atoms with Crippen LogP contribution < -0.4 is 5.73 Å². The van der Waals surface area contributed by atoms with E-state index in [1.807, 2.05) is 13.2 Å². The summed E-state index contributed by atoms with van der Waals surface area (Å²) >= 11 is 1.57. The van der Waals surface area contributed by atoms with Crippen LogP contribution in [-0.4, -0.2) is 37.8 Å². The first-order valence-electron chi connectivity index (χ1n) is 6.33. The minimum Gasteiger partial charge on any atom is -0.326 e. The minimum atomic E-state index is -3.85. The predicted molar refractivity (Wildman–Crippen MR) is 81.7 cm³/mol. The molecule has 114 valence electrons. The van der Waals surface area contributed by atoms with Gasteiger partial charge in [-0.2, -0.15) is 16.1 Å². The lowest BCUT2D eigenvalue weighted by molar-refractivity contribution is 0.383. The Labute approximate surface area is 124 Å². The maximum Gasteiger partial charge on any atom is 0.246 e. The third kappa shape index (κ3) is 3.72. The molecule has 0 aliphatic carbocycles. The molecule has 20 heavy (non-hydrogen) atoms. The molecule has 1 unspecified atom stereocenters. The highest BCUT2D eigenvalue weighted by Crippen LogP contribution is 2.23. The first-order chi connectivity index (χ1) is 9.38. The average Bonchev–Trinajstić information content (AvgIpc) is 2.44. The van der Waals surface area contributed by atoms with Crippen molar-refractivity contribution in [3.05, 3.63) is 29.6 Å². The number of thioether (sulfide) groups is 1. The van der Waals surface area contributed by atoms with E-state index in [1.165, 1.54) is 23.5 Å². The van der Waals surface area contributed by atoms with Gasteiger partial charge in [0, 0.05) is 25.4 Å². The van der Waals surface area contributed by atoms with Crippen molar-refractivity contribution in [1.29, 1.82) is 0 Å². The smallest absolute Gasteiger partial charge is 0.246 e. The molecule has 4 nitrogen and oxygen atoms in total. The fourth-order valence-electron chi connectivity index (χ4n) is 1.90. The van der Waals surface area contributed by atoms with E-state index in [1.54, 1.807) is 11.8 Å². The zero-order valence-corrected chi connectivity index (χ0v) is 13.6. The zero-order valence-electron chi connectivity index (χ0n) is 12.0. The van der Waals surface area contributed by atoms with Gasteiger partial charge in [0.2, 0.25) is 10.0 Å². The van der Waals surface area contributed by atoms with E-state index in [2.05, 4.69) is 0 Å². The van der Waals surface area contributed by atoms with Crippen molar-refractivity contribution in [3.63, 3.8) is 0 Å². The van der Waals surface area contributed by atoms with Crippen molar-refractivity contribution in [2.75, 3.05) is 19.1 Å². The molecule has 0 radical (unpaired) electrons. The lowest BCUT2D eigenvalue weighted by atomic mass is 10.2. The summed E-state index contributed by atoms with van der Waals surface area (Å²) in [6.07, 6.45) is 2.59. The van der Waals surface area contributed by atoms with Gasteiger partial charge in [-0.05, 0) is 30.4 Å². The molecular weight excluding hydrogens is 299 g/mol. The second-order valence-electron chi connectivity index (χ2n) is 4.51. The van der Waals surface area contributed by atoms with Crippen molar-refractivity contribution in [1.82, 2.24) is 4.31 Å². The van der Waals surface area contributed by atoms with Gasteiger partial charge in [0.15, 0.2) is 0 Å². The summed E-state index contributed by atoms with van der Waals surface area (Å²) in [5.74, 6) is -0.0715. The number of benzene rings is 1. The van der Waals surface area contributed by atoms with E-state index in [9.17, 15) is 12.8 Å². The van der Waals surface area contributed by atoms with Crippen LogP contribution in [0.1, 0.15) is 18.9 Å². The summed E-state index contributed by atoms with van der Waals surface area (Å²) < 4.78 is 40.2. The third-order valence-corrected chi connectivity index (χ3v) is 5.88. The molecule has 0 aromatic heterocycles. The molecule has 7 heteroatoms. The van der Waals surface area contributed by atoms with Gasteiger partial charge in [0.1, 0.15) is 10.7 Å². The molecule has 0 saturated heterocycles. The van der Waals surface area contributed by atoms with Crippen LogP contribution >= 0.6 is 11.8 Å². The van der Waals surface area contributed by atoms with Crippen molar-refractivity contribution in [2.45, 2.75) is 30.8 Å². The van der Waals surface area contributed by atoms with Crippen molar-refractivity contribution < 1.29 is 12.8 Å². The van der Waals surface area contributed by atoms with Crippen LogP contribution in [0.3, 0.4) is 0 Å². The first-order valence-corrected chi connectivity index (χ1v) is 9.17. The van der Waals surface area contributed by atoms with E-state index in [-0.39, 0.29) is 17.5 Å². The number of nitrogens with two attached hydrogens (primary N) is 1. The molecule has 0 aliphatic rings. The van der Waals surface area contributed by atoms with Gasteiger partial charge < -0.3 is 5.73 Å². The van der Waals surface area contributed by atoms with E-state index < -0.39 is 15.8 Å². The van der Waals surface area contributed by atoms with Crippen molar-refractivity contribution in [2.24, 2.45) is 5.73 Å². The Bertz CT molecular complexity index is 549. The second-order valence-corrected chi connectivity index (χ2v) is 7.38. The van der Waals surface area contributed by atoms with Crippen LogP contribution in [0.25, 0.3) is 0 Å². The van der Waals surface area contributed by atoms with Gasteiger partial charge in [0.25, 0.3) is 0 Å². The molecule has 1 atom stereocenters. The second kappa shape index (κ2) is 7.40. The average molecular weight is 320 g/mol. The Hall–Kier alpha value is -0.630. The summed E-state index contributed by atoms with van der Waals surface area (Å²) in [5, 5.41) is 0. The maximum absolute atomic E-state index is 13.9. The highest BCUT2D eigenvalue weighted by molar-refractivity contribution is 7.98. The predicted octanol–water partition coefficient (Wildman–Crippen LogP) is 2.05. The summed E-state index contributed by atoms with van der Waals surface area (Å²) in [6.45, 7) is 2.09. The Morgan fingerprint density at radius 1 is 1.45 bits per heavy atom. The van der Waals surface area contributed by atoms with E-state index in [0.29, 0.717) is 17.7 Å². The van der Waals surface area contributed by atoms with E-state index in [0.717, 1.165) is 6.07 Å². The molecule has 0 spiro atoms. The third-order valence-electron chi connectivity index (χ3n) is 3.23. The molecule has 1 rings (SSSR count). The normalized spacial score (nSPS) is 13.7. The highest BCUT2D eigenvalue weighted by atomic mass is 32.2. The van der Waals surface area contributed by atoms with Gasteiger partial charge in [-0.3, -0.25) is 0 Å². The molecule has 0 aliphatic heterocycles. The van der Waals surface area contributed by atoms with Crippen molar-refractivity contribution in [3.8, 4) is 0 Å². The number of rotatable bonds is 7. The summed E-state index contributed by atoms with van der Waals surface area (Å²) in [4.78, 5) is -0.303. The fourth-order valence-corrected chi connectivity index (χ4v) is 4.38. The molecule has 0 amide bonds. The highest BCUT2D eigenvalue weighted by Gasteiger charge is 2.29. The Morgan fingerprint density at radius 3 is 2.60 bits per heavy atom. The molecule has 2 N–H and O–H groups in total. The molecule has 0 saturated carbocycles. The van der Waals surface area contributed by atoms with Crippen LogP contribution in [0.5, 0.6) is 0 Å². The topological polar surface area (TPSA) is 63.4 Å². The Morgan fingerprint density at radius 2 is 2.10 bits per heavy atom. The molecule has 0 fully saturated rings. The molecule has 1 aromatic carbocycles. The summed E-state index contributed by atoms with van der Waals surface area (Å²) in [5.41, 5.74) is 6.08. The molecule has 0 heterocycles. The Balaban J connectivity index is 3.21. The van der Waals surface area contributed by atoms with E-state index in [4.69, 9.17) is 5.73 Å². The maximum atomic E-state index is 13.9. The van der Waals surface area contributed by atoms with Crippen LogP contribution in [0.15, 0.2) is 23.1 Å². The summed E-state index contributed by atoms with van der Waals surface area (Å²) in [6, 6.07) is 3.80. The van der Waals surface area contributed by atoms with Crippen LogP contribution in [0, 0.1) is 5.82 Å². The van der Waals surface area contributed by atoms with Crippen LogP contribution in [0.4, 0.5) is 4.39 Å². The van der Waals surface area contributed by atoms with Crippen molar-refractivity contribution >= 4 is 21.8 Å². The standard InChI is InChI=1S/C13H21FN2O2S2/c1-4-11(9-19-3)16(2)20(17,18)13-7-10(8-15)5-6-12(13)14/h5-7,11H,4,8-9,15H2,1-3H3. The number of sulfonamides is 1. The fraction of sp³-hybridized carbons (Fsp3) is 0.538. The van der Waals surface area contributed by atoms with Crippen LogP contribution in [-0.2, 0) is 16.6 Å². The monoisotopic (exact) mass is 320 g/mol. The number of nitrogens with zero attached hydrogens (tertiary/aromatic N) is 1. The zero-order chi connectivity index (χ0) is 15.3. The first kappa shape index (κ1) is 17.4. The number of hydrogen-bond acceptors (Lipinski definition) is 4. The number of halogens is 1. The SMILES string of the molecule is CCC(CSC)N(C)S(=O)(=O)c1cc(CN)ccc1F. The van der Waals surface area contributed by atoms with Gasteiger partial charge in [-0.15, -0.1) is 0 Å². The lowest BCUT2D eigenvalue weighted by Crippen LogP contribution is -2.38. The van der Waals surface area contributed by atoms with E-state index >= 15 is 0 Å². The molecular formula is C13H21FN2O2S2. The van der Waals surface area contributed by atoms with Gasteiger partial charge in [-0.1, -0.05) is 13.0 Å². The minimum absolute atomic E-state index is 0.157. The number of hydrogen-bond donors (Lipinski definition) is 1. The molecule has 0 bridgehead atoms.